The largest absolute Gasteiger partial charge is 0.481 e. The van der Waals surface area contributed by atoms with Gasteiger partial charge in [-0.15, -0.1) is 0 Å². The number of furan rings is 3. The van der Waals surface area contributed by atoms with Crippen LogP contribution in [0.25, 0.3) is 105 Å². The Morgan fingerprint density at radius 2 is 0.933 bits per heavy atom. The lowest BCUT2D eigenvalue weighted by Gasteiger charge is -2.22. The molecule has 3 aromatic heterocycles. The number of hydrogen-bond acceptors (Lipinski definition) is 4. The first-order valence-corrected chi connectivity index (χ1v) is 20.6. The highest BCUT2D eigenvalue weighted by Crippen LogP contribution is 2.51. The second-order valence-electron chi connectivity index (χ2n) is 16.4. The zero-order chi connectivity index (χ0) is 39.6. The molecule has 0 N–H and O–H groups in total. The van der Waals surface area contributed by atoms with Gasteiger partial charge in [0, 0.05) is 43.8 Å². The number of allylic oxidation sites excluding steroid dienone is 2. The van der Waals surface area contributed by atoms with Crippen molar-refractivity contribution in [1.82, 2.24) is 0 Å². The molecule has 0 fully saturated rings. The van der Waals surface area contributed by atoms with Crippen molar-refractivity contribution < 1.29 is 18.0 Å². The van der Waals surface area contributed by atoms with E-state index in [1.807, 2.05) is 0 Å². The van der Waals surface area contributed by atoms with Crippen molar-refractivity contribution in [1.29, 1.82) is 0 Å². The molecule has 0 saturated heterocycles. The summed E-state index contributed by atoms with van der Waals surface area (Å²) in [5, 5.41) is 6.60. The molecule has 8 aromatic carbocycles. The Kier molecular flexibility index (Phi) is 6.95. The second kappa shape index (κ2) is 12.5. The molecule has 2 unspecified atom stereocenters. The van der Waals surface area contributed by atoms with E-state index in [1.165, 1.54) is 44.5 Å². The first kappa shape index (κ1) is 33.4. The van der Waals surface area contributed by atoms with Crippen LogP contribution in [-0.4, -0.2) is 6.10 Å². The maximum atomic E-state index is 6.81. The molecule has 4 nitrogen and oxygen atoms in total. The van der Waals surface area contributed by atoms with Crippen molar-refractivity contribution in [2.24, 2.45) is 0 Å². The molecule has 1 aliphatic carbocycles. The van der Waals surface area contributed by atoms with Gasteiger partial charge in [0.15, 0.2) is 11.3 Å². The summed E-state index contributed by atoms with van der Waals surface area (Å²) >= 11 is 0. The van der Waals surface area contributed by atoms with Crippen molar-refractivity contribution in [3.8, 4) is 39.1 Å². The molecule has 0 spiro atoms. The van der Waals surface area contributed by atoms with Crippen LogP contribution in [-0.2, 0) is 0 Å². The minimum Gasteiger partial charge on any atom is -0.481 e. The molecule has 13 rings (SSSR count). The summed E-state index contributed by atoms with van der Waals surface area (Å²) in [7, 11) is 0. The minimum atomic E-state index is -0.106. The van der Waals surface area contributed by atoms with E-state index < -0.39 is 0 Å². The summed E-state index contributed by atoms with van der Waals surface area (Å²) in [5.41, 5.74) is 18.1. The lowest BCUT2D eigenvalue weighted by Crippen LogP contribution is -2.18. The number of aryl methyl sites for hydroxylation is 1. The molecule has 2 aliphatic rings. The zero-order valence-electron chi connectivity index (χ0n) is 33.0. The van der Waals surface area contributed by atoms with Crippen LogP contribution in [0.3, 0.4) is 0 Å². The van der Waals surface area contributed by atoms with E-state index in [4.69, 9.17) is 18.0 Å². The molecule has 60 heavy (non-hydrogen) atoms. The van der Waals surface area contributed by atoms with Crippen LogP contribution in [0.5, 0.6) is 5.75 Å². The number of benzene rings is 8. The molecule has 4 heterocycles. The molecule has 2 atom stereocenters. The van der Waals surface area contributed by atoms with Crippen LogP contribution in [0.1, 0.15) is 29.5 Å². The molecule has 0 saturated carbocycles. The predicted molar refractivity (Wildman–Crippen MR) is 245 cm³/mol. The Bertz CT molecular complexity index is 3650. The van der Waals surface area contributed by atoms with E-state index in [0.717, 1.165) is 88.3 Å². The fourth-order valence-corrected chi connectivity index (χ4v) is 9.86. The van der Waals surface area contributed by atoms with Gasteiger partial charge in [0.05, 0.1) is 0 Å². The van der Waals surface area contributed by atoms with Gasteiger partial charge in [0.25, 0.3) is 0 Å². The number of rotatable bonds is 4. The van der Waals surface area contributed by atoms with Gasteiger partial charge in [0.2, 0.25) is 0 Å². The second-order valence-corrected chi connectivity index (χ2v) is 16.4. The third-order valence-corrected chi connectivity index (χ3v) is 12.9. The van der Waals surface area contributed by atoms with Gasteiger partial charge in [-0.05, 0) is 142 Å². The summed E-state index contributed by atoms with van der Waals surface area (Å²) in [6.07, 6.45) is 4.56. The Labute approximate surface area is 345 Å². The maximum absolute atomic E-state index is 6.81. The summed E-state index contributed by atoms with van der Waals surface area (Å²) in [6.45, 7) is 4.35. The standard InChI is InChI=1S/C56H36O4/c1-31-23-53-47(29-41(31)37-15-21-51-45(27-37)43-25-35(13-19-49(43)57-51)33-9-5-3-6-10-33)39-17-18-40-48-30-42(32(2)24-54(48)60-56(40)55(39)59-53)38-16-22-52-46(28-38)44-26-36(14-20-50(44)58-52)34-11-7-4-8-12-34/h3-30,47,53H,1-2H3. The molecule has 4 heteroatoms. The molecule has 0 radical (unpaired) electrons. The maximum Gasteiger partial charge on any atom is 0.177 e. The van der Waals surface area contributed by atoms with E-state index in [9.17, 15) is 0 Å². The highest BCUT2D eigenvalue weighted by atomic mass is 16.5. The van der Waals surface area contributed by atoms with E-state index in [2.05, 4.69) is 184 Å². The Hall–Kier alpha value is -7.56. The average molecular weight is 773 g/mol. The SMILES string of the molecule is CC1=CC2Oc3c(ccc4c3oc3cc(C)c(-c5ccc6oc7ccc(-c8ccccc8)cc7c6c5)cc34)C2C=C1c1ccc2oc3ccc(-c4ccccc4)cc3c2c1. The van der Waals surface area contributed by atoms with E-state index in [-0.39, 0.29) is 12.0 Å². The molecule has 0 amide bonds. The first-order valence-electron chi connectivity index (χ1n) is 20.6. The van der Waals surface area contributed by atoms with Crippen LogP contribution >= 0.6 is 0 Å². The van der Waals surface area contributed by atoms with Gasteiger partial charge in [-0.2, -0.15) is 0 Å². The predicted octanol–water partition coefficient (Wildman–Crippen LogP) is 15.6. The van der Waals surface area contributed by atoms with Crippen LogP contribution in [0.15, 0.2) is 189 Å². The third-order valence-electron chi connectivity index (χ3n) is 12.9. The summed E-state index contributed by atoms with van der Waals surface area (Å²) in [6, 6.07) is 56.0. The van der Waals surface area contributed by atoms with Gasteiger partial charge in [-0.1, -0.05) is 97.1 Å². The van der Waals surface area contributed by atoms with Gasteiger partial charge in [-0.3, -0.25) is 0 Å². The fraction of sp³-hybridized carbons (Fsp3) is 0.0714. The molecular formula is C56H36O4. The lowest BCUT2D eigenvalue weighted by molar-refractivity contribution is 0.268. The number of hydrogen-bond donors (Lipinski definition) is 0. The first-order chi connectivity index (χ1) is 29.5. The molecule has 284 valence electrons. The van der Waals surface area contributed by atoms with Crippen molar-refractivity contribution in [3.63, 3.8) is 0 Å². The summed E-state index contributed by atoms with van der Waals surface area (Å²) < 4.78 is 26.1. The minimum absolute atomic E-state index is 0.0639. The van der Waals surface area contributed by atoms with Crippen LogP contribution in [0.4, 0.5) is 0 Å². The lowest BCUT2D eigenvalue weighted by atomic mass is 9.83. The van der Waals surface area contributed by atoms with Crippen molar-refractivity contribution >= 4 is 71.4 Å². The Morgan fingerprint density at radius 3 is 1.55 bits per heavy atom. The summed E-state index contributed by atoms with van der Waals surface area (Å²) in [5.74, 6) is 0.902. The van der Waals surface area contributed by atoms with Gasteiger partial charge in [0.1, 0.15) is 34.0 Å². The van der Waals surface area contributed by atoms with Gasteiger partial charge < -0.3 is 18.0 Å². The van der Waals surface area contributed by atoms with Gasteiger partial charge in [-0.25, -0.2) is 0 Å². The normalized spacial score (nSPS) is 16.2. The highest BCUT2D eigenvalue weighted by molar-refractivity contribution is 6.11. The van der Waals surface area contributed by atoms with Crippen molar-refractivity contribution in [2.75, 3.05) is 0 Å². The molecule has 1 aliphatic heterocycles. The number of fused-ring (bicyclic) bond motifs is 13. The Balaban J connectivity index is 0.876. The summed E-state index contributed by atoms with van der Waals surface area (Å²) in [4.78, 5) is 0. The highest BCUT2D eigenvalue weighted by Gasteiger charge is 2.37. The van der Waals surface area contributed by atoms with Gasteiger partial charge >= 0.3 is 0 Å². The molecule has 0 bridgehead atoms. The van der Waals surface area contributed by atoms with E-state index in [0.29, 0.717) is 0 Å². The fourth-order valence-electron chi connectivity index (χ4n) is 9.86. The monoisotopic (exact) mass is 772 g/mol. The quantitative estimate of drug-likeness (QED) is 0.179. The van der Waals surface area contributed by atoms with Crippen LogP contribution in [0, 0.1) is 6.92 Å². The smallest absolute Gasteiger partial charge is 0.177 e. The molecular weight excluding hydrogens is 737 g/mol. The topological polar surface area (TPSA) is 48.7 Å². The molecule has 11 aromatic rings. The average Bonchev–Trinajstić information content (AvgIpc) is 4.05. The van der Waals surface area contributed by atoms with Crippen LogP contribution in [0.2, 0.25) is 0 Å². The Morgan fingerprint density at radius 1 is 0.400 bits per heavy atom. The number of ether oxygens (including phenoxy) is 1. The van der Waals surface area contributed by atoms with E-state index in [1.54, 1.807) is 0 Å². The zero-order valence-corrected chi connectivity index (χ0v) is 33.0. The third kappa shape index (κ3) is 4.97. The van der Waals surface area contributed by atoms with Crippen molar-refractivity contribution in [2.45, 2.75) is 25.9 Å². The van der Waals surface area contributed by atoms with Crippen molar-refractivity contribution in [3.05, 3.63) is 192 Å². The van der Waals surface area contributed by atoms with E-state index >= 15 is 0 Å². The van der Waals surface area contributed by atoms with Crippen LogP contribution < -0.4 is 4.74 Å².